The lowest BCUT2D eigenvalue weighted by Crippen LogP contribution is -2.38. The maximum absolute atomic E-state index is 12.0. The van der Waals surface area contributed by atoms with Crippen LogP contribution in [-0.2, 0) is 9.59 Å². The molecule has 1 N–H and O–H groups in total. The lowest BCUT2D eigenvalue weighted by Gasteiger charge is -2.21. The van der Waals surface area contributed by atoms with Gasteiger partial charge in [-0.2, -0.15) is 20.5 Å². The van der Waals surface area contributed by atoms with Gasteiger partial charge in [0, 0.05) is 25.8 Å². The van der Waals surface area contributed by atoms with Gasteiger partial charge in [-0.25, -0.2) is 0 Å². The van der Waals surface area contributed by atoms with Gasteiger partial charge < -0.3 is 10.0 Å². The number of hydrogen-bond acceptors (Lipinski definition) is 6. The van der Waals surface area contributed by atoms with E-state index >= 15 is 0 Å². The Morgan fingerprint density at radius 2 is 1.58 bits per heavy atom. The zero-order valence-electron chi connectivity index (χ0n) is 11.0. The second-order valence-corrected chi connectivity index (χ2v) is 5.29. The number of rotatable bonds is 8. The average molecular weight is 267 g/mol. The van der Waals surface area contributed by atoms with E-state index in [9.17, 15) is 9.59 Å². The Labute approximate surface area is 110 Å². The molecule has 0 bridgehead atoms. The van der Waals surface area contributed by atoms with Crippen LogP contribution in [0.1, 0.15) is 33.1 Å². The molecule has 0 aromatic rings. The van der Waals surface area contributed by atoms with Gasteiger partial charge in [0.2, 0.25) is 5.91 Å². The van der Waals surface area contributed by atoms with E-state index in [-0.39, 0.29) is 18.9 Å². The van der Waals surface area contributed by atoms with Crippen molar-refractivity contribution in [2.24, 2.45) is 20.5 Å². The van der Waals surface area contributed by atoms with Crippen molar-refractivity contribution in [3.8, 4) is 0 Å². The molecule has 0 atom stereocenters. The van der Waals surface area contributed by atoms with Crippen molar-refractivity contribution in [3.63, 3.8) is 0 Å². The first-order valence-corrected chi connectivity index (χ1v) is 6.20. The quantitative estimate of drug-likeness (QED) is 0.718. The normalized spacial score (nSPS) is 20.1. The molecule has 2 aliphatic rings. The van der Waals surface area contributed by atoms with E-state index in [0.29, 0.717) is 19.4 Å². The van der Waals surface area contributed by atoms with Gasteiger partial charge in [-0.05, 0) is 13.8 Å². The number of nitrogens with zero attached hydrogens (tertiary/aromatic N) is 5. The maximum Gasteiger partial charge on any atom is 0.323 e. The van der Waals surface area contributed by atoms with Gasteiger partial charge in [0.15, 0.2) is 11.3 Å². The summed E-state index contributed by atoms with van der Waals surface area (Å²) in [4.78, 5) is 24.1. The second kappa shape index (κ2) is 4.67. The molecule has 2 rings (SSSR count). The third kappa shape index (κ3) is 4.08. The smallest absolute Gasteiger partial charge is 0.323 e. The maximum atomic E-state index is 12.0. The molecule has 19 heavy (non-hydrogen) atoms. The van der Waals surface area contributed by atoms with Crippen molar-refractivity contribution in [3.05, 3.63) is 0 Å². The van der Waals surface area contributed by atoms with E-state index in [1.807, 2.05) is 13.8 Å². The molecule has 0 saturated heterocycles. The first-order valence-electron chi connectivity index (χ1n) is 6.20. The number of carbonyl (C=O) groups is 2. The predicted molar refractivity (Wildman–Crippen MR) is 64.6 cm³/mol. The van der Waals surface area contributed by atoms with Crippen LogP contribution in [0.2, 0.25) is 0 Å². The van der Waals surface area contributed by atoms with Crippen LogP contribution >= 0.6 is 0 Å². The molecule has 0 fully saturated rings. The lowest BCUT2D eigenvalue weighted by atomic mass is 10.1. The fourth-order valence-corrected chi connectivity index (χ4v) is 1.67. The summed E-state index contributed by atoms with van der Waals surface area (Å²) in [5.41, 5.74) is -0.859. The standard InChI is InChI=1S/C11H17N5O3/c1-10(12-13-10)4-3-8(17)16(7-9(18)19)6-5-11(2)14-15-11/h3-7H2,1-2H3,(H,18,19). The number of hydrogen-bond donors (Lipinski definition) is 1. The van der Waals surface area contributed by atoms with Gasteiger partial charge in [0.25, 0.3) is 0 Å². The summed E-state index contributed by atoms with van der Waals surface area (Å²) in [6.45, 7) is 3.74. The molecule has 0 aliphatic carbocycles. The van der Waals surface area contributed by atoms with Crippen LogP contribution in [0.5, 0.6) is 0 Å². The minimum absolute atomic E-state index is 0.190. The molecule has 104 valence electrons. The van der Waals surface area contributed by atoms with E-state index in [2.05, 4.69) is 20.5 Å². The van der Waals surface area contributed by atoms with E-state index in [1.165, 1.54) is 4.90 Å². The topological polar surface area (TPSA) is 107 Å². The van der Waals surface area contributed by atoms with E-state index in [0.717, 1.165) is 0 Å². The highest BCUT2D eigenvalue weighted by Gasteiger charge is 2.36. The molecule has 0 unspecified atom stereocenters. The minimum Gasteiger partial charge on any atom is -0.480 e. The summed E-state index contributed by atoms with van der Waals surface area (Å²) in [5.74, 6) is -1.21. The summed E-state index contributed by atoms with van der Waals surface area (Å²) in [7, 11) is 0. The molecule has 1 amide bonds. The van der Waals surface area contributed by atoms with E-state index in [1.54, 1.807) is 0 Å². The Morgan fingerprint density at radius 1 is 1.05 bits per heavy atom. The molecular formula is C11H17N5O3. The number of amides is 1. The lowest BCUT2D eigenvalue weighted by molar-refractivity contribution is -0.144. The first-order chi connectivity index (χ1) is 8.82. The van der Waals surface area contributed by atoms with Gasteiger partial charge in [-0.15, -0.1) is 0 Å². The summed E-state index contributed by atoms with van der Waals surface area (Å²) in [5, 5.41) is 24.2. The number of carbonyl (C=O) groups excluding carboxylic acids is 1. The van der Waals surface area contributed by atoms with E-state index < -0.39 is 17.3 Å². The minimum atomic E-state index is -1.02. The van der Waals surface area contributed by atoms with Gasteiger partial charge in [-0.3, -0.25) is 9.59 Å². The molecule has 0 spiro atoms. The molecular weight excluding hydrogens is 250 g/mol. The molecule has 8 heteroatoms. The molecule has 2 aliphatic heterocycles. The Hall–Kier alpha value is -1.86. The Kier molecular flexibility index (Phi) is 3.34. The van der Waals surface area contributed by atoms with Crippen molar-refractivity contribution >= 4 is 11.9 Å². The second-order valence-electron chi connectivity index (χ2n) is 5.29. The van der Waals surface area contributed by atoms with Gasteiger partial charge in [0.1, 0.15) is 6.54 Å². The third-order valence-corrected chi connectivity index (χ3v) is 3.23. The molecule has 2 heterocycles. The Balaban J connectivity index is 1.80. The molecule has 0 radical (unpaired) electrons. The van der Waals surface area contributed by atoms with Crippen LogP contribution in [-0.4, -0.2) is 46.3 Å². The van der Waals surface area contributed by atoms with Crippen molar-refractivity contribution in [1.29, 1.82) is 0 Å². The van der Waals surface area contributed by atoms with Crippen LogP contribution < -0.4 is 0 Å². The summed E-state index contributed by atoms with van der Waals surface area (Å²) in [6.07, 6.45) is 1.33. The van der Waals surface area contributed by atoms with Gasteiger partial charge in [0.05, 0.1) is 0 Å². The van der Waals surface area contributed by atoms with Crippen LogP contribution in [0.25, 0.3) is 0 Å². The van der Waals surface area contributed by atoms with Gasteiger partial charge in [-0.1, -0.05) is 0 Å². The highest BCUT2D eigenvalue weighted by Crippen LogP contribution is 2.33. The van der Waals surface area contributed by atoms with Gasteiger partial charge >= 0.3 is 5.97 Å². The number of carboxylic acid groups (broad SMARTS) is 1. The number of carboxylic acids is 1. The predicted octanol–water partition coefficient (Wildman–Crippen LogP) is 1.43. The number of aliphatic carboxylic acids is 1. The van der Waals surface area contributed by atoms with Crippen molar-refractivity contribution < 1.29 is 14.7 Å². The zero-order chi connectivity index (χ0) is 14.1. The monoisotopic (exact) mass is 267 g/mol. The van der Waals surface area contributed by atoms with Crippen molar-refractivity contribution in [2.75, 3.05) is 13.1 Å². The largest absolute Gasteiger partial charge is 0.480 e. The summed E-state index contributed by atoms with van der Waals surface area (Å²) in [6, 6.07) is 0. The fraction of sp³-hybridized carbons (Fsp3) is 0.818. The van der Waals surface area contributed by atoms with Crippen molar-refractivity contribution in [2.45, 2.75) is 44.4 Å². The Morgan fingerprint density at radius 3 is 2.05 bits per heavy atom. The zero-order valence-corrected chi connectivity index (χ0v) is 11.0. The van der Waals surface area contributed by atoms with Crippen LogP contribution in [0.4, 0.5) is 0 Å². The van der Waals surface area contributed by atoms with Crippen LogP contribution in [0.15, 0.2) is 20.5 Å². The van der Waals surface area contributed by atoms with Crippen molar-refractivity contribution in [1.82, 2.24) is 4.90 Å². The third-order valence-electron chi connectivity index (χ3n) is 3.23. The average Bonchev–Trinajstić information content (AvgIpc) is 3.23. The fourth-order valence-electron chi connectivity index (χ4n) is 1.67. The van der Waals surface area contributed by atoms with Crippen LogP contribution in [0, 0.1) is 0 Å². The molecule has 8 nitrogen and oxygen atoms in total. The van der Waals surface area contributed by atoms with Crippen LogP contribution in [0.3, 0.4) is 0 Å². The highest BCUT2D eigenvalue weighted by atomic mass is 16.4. The Bertz CT molecular complexity index is 447. The molecule has 0 saturated carbocycles. The summed E-state index contributed by atoms with van der Waals surface area (Å²) >= 11 is 0. The molecule has 0 aromatic heterocycles. The van der Waals surface area contributed by atoms with E-state index in [4.69, 9.17) is 5.11 Å². The molecule has 0 aromatic carbocycles. The SMILES string of the molecule is CC1(CCC(=O)N(CCC2(C)N=N2)CC(=O)O)N=N1. The highest BCUT2D eigenvalue weighted by molar-refractivity contribution is 5.81. The summed E-state index contributed by atoms with van der Waals surface area (Å²) < 4.78 is 0. The first kappa shape index (κ1) is 13.6.